The molecule has 2 bridgehead atoms. The second-order valence-corrected chi connectivity index (χ2v) is 17.6. The van der Waals surface area contributed by atoms with Gasteiger partial charge in [-0.1, -0.05) is 27.7 Å². The predicted octanol–water partition coefficient (Wildman–Crippen LogP) is 2.73. The fourth-order valence-corrected chi connectivity index (χ4v) is 13.4. The number of fused-ring (bicyclic) bond motifs is 4. The van der Waals surface area contributed by atoms with E-state index in [2.05, 4.69) is 27.7 Å². The molecule has 0 aromatic rings. The molecule has 0 amide bonds. The van der Waals surface area contributed by atoms with Crippen molar-refractivity contribution in [2.45, 2.75) is 153 Å². The van der Waals surface area contributed by atoms with E-state index in [-0.39, 0.29) is 46.4 Å². The van der Waals surface area contributed by atoms with E-state index in [1.807, 2.05) is 0 Å². The van der Waals surface area contributed by atoms with E-state index < -0.39 is 48.2 Å². The molecule has 0 radical (unpaired) electrons. The summed E-state index contributed by atoms with van der Waals surface area (Å²) in [7, 11) is 0. The second-order valence-electron chi connectivity index (χ2n) is 17.6. The van der Waals surface area contributed by atoms with Crippen LogP contribution in [0, 0.1) is 51.2 Å². The average Bonchev–Trinajstić information content (AvgIpc) is 3.41. The standard InChI is InChI=1S/C34H54O9/c1-16-13-19-26(30(4,5)39)43-34(42-19)23(16)17-9-11-33-15-32(33)12-10-22(41-27-25(37)24(36)18(35)14-40-27)29(2,3)20(32)7-8-21(33)31(17,6)28(34)38/h16-28,35-39H,7-15H2,1-6H3/t16-,17?,18+,19-,20+,21+,22+,23-,24+,25-,26+,27+,28-,31-,32-,33+,34+/m1/s1. The first kappa shape index (κ1) is 30.0. The molecule has 3 heterocycles. The van der Waals surface area contributed by atoms with E-state index >= 15 is 0 Å². The van der Waals surface area contributed by atoms with Crippen molar-refractivity contribution >= 4 is 0 Å². The predicted molar refractivity (Wildman–Crippen MR) is 154 cm³/mol. The summed E-state index contributed by atoms with van der Waals surface area (Å²) in [6.45, 7) is 12.8. The summed E-state index contributed by atoms with van der Waals surface area (Å²) in [6.07, 6.45) is 2.20. The van der Waals surface area contributed by atoms with E-state index in [0.29, 0.717) is 23.7 Å². The van der Waals surface area contributed by atoms with Crippen LogP contribution in [0.25, 0.3) is 0 Å². The Morgan fingerprint density at radius 3 is 2.26 bits per heavy atom. The first-order valence-electron chi connectivity index (χ1n) is 17.1. The van der Waals surface area contributed by atoms with Gasteiger partial charge in [-0.15, -0.1) is 0 Å². The van der Waals surface area contributed by atoms with Gasteiger partial charge in [-0.25, -0.2) is 0 Å². The summed E-state index contributed by atoms with van der Waals surface area (Å²) in [5.41, 5.74) is -1.12. The van der Waals surface area contributed by atoms with Gasteiger partial charge < -0.3 is 44.5 Å². The topological polar surface area (TPSA) is 138 Å². The van der Waals surface area contributed by atoms with Crippen molar-refractivity contribution in [3.8, 4) is 0 Å². The van der Waals surface area contributed by atoms with Crippen LogP contribution in [0.3, 0.4) is 0 Å². The second kappa shape index (κ2) is 8.95. The number of aliphatic hydroxyl groups excluding tert-OH is 4. The number of hydrogen-bond acceptors (Lipinski definition) is 9. The number of hydrogen-bond donors (Lipinski definition) is 5. The summed E-state index contributed by atoms with van der Waals surface area (Å²) in [5, 5.41) is 54.2. The normalized spacial score (nSPS) is 61.6. The smallest absolute Gasteiger partial charge is 0.199 e. The molecule has 9 heteroatoms. The minimum Gasteiger partial charge on any atom is -0.388 e. The van der Waals surface area contributed by atoms with Crippen molar-refractivity contribution in [1.29, 1.82) is 0 Å². The average molecular weight is 607 g/mol. The van der Waals surface area contributed by atoms with Crippen LogP contribution in [-0.2, 0) is 18.9 Å². The fourth-order valence-electron chi connectivity index (χ4n) is 13.4. The third kappa shape index (κ3) is 3.50. The van der Waals surface area contributed by atoms with Crippen molar-refractivity contribution in [3.63, 3.8) is 0 Å². The molecule has 3 saturated heterocycles. The molecule has 244 valence electrons. The van der Waals surface area contributed by atoms with Crippen LogP contribution in [0.15, 0.2) is 0 Å². The van der Waals surface area contributed by atoms with Crippen LogP contribution < -0.4 is 0 Å². The van der Waals surface area contributed by atoms with Crippen LogP contribution in [0.2, 0.25) is 0 Å². The van der Waals surface area contributed by atoms with Gasteiger partial charge in [-0.2, -0.15) is 0 Å². The molecule has 43 heavy (non-hydrogen) atoms. The van der Waals surface area contributed by atoms with E-state index in [1.54, 1.807) is 13.8 Å². The van der Waals surface area contributed by atoms with Gasteiger partial charge in [0.1, 0.15) is 30.5 Å². The van der Waals surface area contributed by atoms with Crippen molar-refractivity contribution in [3.05, 3.63) is 0 Å². The van der Waals surface area contributed by atoms with Gasteiger partial charge in [-0.05, 0) is 105 Å². The van der Waals surface area contributed by atoms with Crippen molar-refractivity contribution in [2.24, 2.45) is 51.2 Å². The quantitative estimate of drug-likeness (QED) is 0.307. The highest BCUT2D eigenvalue weighted by Gasteiger charge is 2.85. The molecule has 5 N–H and O–H groups in total. The number of ether oxygens (including phenoxy) is 4. The molecular formula is C34H54O9. The number of rotatable bonds is 3. The molecule has 8 aliphatic rings. The van der Waals surface area contributed by atoms with Crippen LogP contribution in [-0.4, -0.2) is 92.5 Å². The lowest BCUT2D eigenvalue weighted by molar-refractivity contribution is -0.303. The lowest BCUT2D eigenvalue weighted by Gasteiger charge is -2.61. The Balaban J connectivity index is 1.08. The maximum Gasteiger partial charge on any atom is 0.199 e. The van der Waals surface area contributed by atoms with E-state index in [4.69, 9.17) is 18.9 Å². The minimum atomic E-state index is -1.28. The van der Waals surface area contributed by atoms with Crippen LogP contribution >= 0.6 is 0 Å². The van der Waals surface area contributed by atoms with E-state index in [9.17, 15) is 25.5 Å². The molecule has 17 atom stereocenters. The fraction of sp³-hybridized carbons (Fsp3) is 1.00. The Kier molecular flexibility index (Phi) is 6.25. The van der Waals surface area contributed by atoms with E-state index in [1.165, 1.54) is 12.8 Å². The molecule has 8 fully saturated rings. The monoisotopic (exact) mass is 606 g/mol. The van der Waals surface area contributed by atoms with Gasteiger partial charge in [-0.3, -0.25) is 0 Å². The summed E-state index contributed by atoms with van der Waals surface area (Å²) in [6, 6.07) is 0. The van der Waals surface area contributed by atoms with E-state index in [0.717, 1.165) is 38.5 Å². The zero-order valence-corrected chi connectivity index (χ0v) is 26.7. The Hall–Kier alpha value is -0.360. The highest BCUT2D eigenvalue weighted by Crippen LogP contribution is 2.88. The molecule has 1 unspecified atom stereocenters. The van der Waals surface area contributed by atoms with Gasteiger partial charge in [0.2, 0.25) is 0 Å². The maximum atomic E-state index is 12.5. The van der Waals surface area contributed by atoms with Crippen LogP contribution in [0.4, 0.5) is 0 Å². The van der Waals surface area contributed by atoms with Crippen LogP contribution in [0.1, 0.15) is 92.9 Å². The minimum absolute atomic E-state index is 0.0535. The first-order valence-corrected chi connectivity index (χ1v) is 17.1. The number of aliphatic hydroxyl groups is 5. The zero-order valence-electron chi connectivity index (χ0n) is 26.7. The Bertz CT molecular complexity index is 1160. The molecule has 3 spiro atoms. The van der Waals surface area contributed by atoms with Crippen LogP contribution in [0.5, 0.6) is 0 Å². The third-order valence-electron chi connectivity index (χ3n) is 15.1. The Labute approximate surface area is 255 Å². The maximum absolute atomic E-state index is 12.5. The SMILES string of the molecule is C[C@@H]1C[C@H]2O[C@]3(O[C@@H]2C(C)(C)O)[C@H]1C1CC[C@@]24C[C@@]25CC[C@H](O[C@@H]2OC[C@H](O)[C@H](O)[C@H]2O)C(C)(C)[C@@H]5CC[C@H]4[C@]1(C)[C@H]3O. The van der Waals surface area contributed by atoms with Gasteiger partial charge in [0, 0.05) is 11.3 Å². The molecule has 8 rings (SSSR count). The molecule has 5 saturated carbocycles. The lowest BCUT2D eigenvalue weighted by Crippen LogP contribution is -2.60. The lowest BCUT2D eigenvalue weighted by atomic mass is 9.45. The first-order chi connectivity index (χ1) is 20.0. The van der Waals surface area contributed by atoms with Gasteiger partial charge >= 0.3 is 0 Å². The third-order valence-corrected chi connectivity index (χ3v) is 15.1. The summed E-state index contributed by atoms with van der Waals surface area (Å²) >= 11 is 0. The summed E-state index contributed by atoms with van der Waals surface area (Å²) < 4.78 is 25.6. The molecule has 0 aromatic carbocycles. The summed E-state index contributed by atoms with van der Waals surface area (Å²) in [4.78, 5) is 0. The largest absolute Gasteiger partial charge is 0.388 e. The highest BCUT2D eigenvalue weighted by molar-refractivity contribution is 5.32. The molecule has 5 aliphatic carbocycles. The molecular weight excluding hydrogens is 552 g/mol. The molecule has 3 aliphatic heterocycles. The Morgan fingerprint density at radius 1 is 0.860 bits per heavy atom. The summed E-state index contributed by atoms with van der Waals surface area (Å²) in [5.74, 6) is 0.598. The van der Waals surface area contributed by atoms with Crippen molar-refractivity contribution < 1.29 is 44.5 Å². The van der Waals surface area contributed by atoms with Gasteiger partial charge in [0.15, 0.2) is 12.1 Å². The van der Waals surface area contributed by atoms with Gasteiger partial charge in [0.25, 0.3) is 0 Å². The Morgan fingerprint density at radius 2 is 1.53 bits per heavy atom. The zero-order chi connectivity index (χ0) is 30.7. The highest BCUT2D eigenvalue weighted by atomic mass is 16.8. The van der Waals surface area contributed by atoms with Crippen molar-refractivity contribution in [2.75, 3.05) is 6.61 Å². The van der Waals surface area contributed by atoms with Gasteiger partial charge in [0.05, 0.1) is 24.4 Å². The van der Waals surface area contributed by atoms with Crippen molar-refractivity contribution in [1.82, 2.24) is 0 Å². The molecule has 0 aromatic heterocycles. The molecule has 9 nitrogen and oxygen atoms in total.